The number of carbonyl (C=O) groups excluding carboxylic acids is 1. The molecule has 1 atom stereocenters. The molecule has 0 radical (unpaired) electrons. The van der Waals surface area contributed by atoms with Gasteiger partial charge < -0.3 is 20.1 Å². The lowest BCUT2D eigenvalue weighted by Gasteiger charge is -2.29. The van der Waals surface area contributed by atoms with Crippen LogP contribution in [0.5, 0.6) is 11.5 Å². The van der Waals surface area contributed by atoms with Gasteiger partial charge in [-0.3, -0.25) is 4.79 Å². The van der Waals surface area contributed by atoms with E-state index in [4.69, 9.17) is 9.47 Å². The second kappa shape index (κ2) is 8.51. The third kappa shape index (κ3) is 4.09. The number of allylic oxidation sites excluding steroid dienone is 1. The highest BCUT2D eigenvalue weighted by atomic mass is 16.5. The van der Waals surface area contributed by atoms with E-state index in [0.29, 0.717) is 28.7 Å². The molecule has 3 aromatic rings. The van der Waals surface area contributed by atoms with Crippen LogP contribution in [0.3, 0.4) is 0 Å². The van der Waals surface area contributed by atoms with E-state index in [1.807, 2.05) is 57.2 Å². The van der Waals surface area contributed by atoms with E-state index < -0.39 is 6.04 Å². The maximum atomic E-state index is 13.4. The van der Waals surface area contributed by atoms with Crippen molar-refractivity contribution in [3.8, 4) is 11.5 Å². The summed E-state index contributed by atoms with van der Waals surface area (Å²) in [7, 11) is 1.57. The van der Waals surface area contributed by atoms with Gasteiger partial charge in [0.1, 0.15) is 23.9 Å². The van der Waals surface area contributed by atoms with Gasteiger partial charge in [-0.05, 0) is 50.6 Å². The quantitative estimate of drug-likeness (QED) is 0.628. The molecule has 8 nitrogen and oxygen atoms in total. The largest absolute Gasteiger partial charge is 0.495 e. The molecule has 1 aromatic heterocycles. The molecule has 0 saturated heterocycles. The fourth-order valence-corrected chi connectivity index (χ4v) is 3.63. The third-order valence-corrected chi connectivity index (χ3v) is 4.96. The number of hydrogen-bond donors (Lipinski definition) is 2. The predicted molar refractivity (Wildman–Crippen MR) is 118 cm³/mol. The lowest BCUT2D eigenvalue weighted by atomic mass is 9.95. The molecule has 1 amide bonds. The van der Waals surface area contributed by atoms with Crippen LogP contribution in [0.1, 0.15) is 32.4 Å². The molecule has 0 saturated carbocycles. The van der Waals surface area contributed by atoms with Crippen LogP contribution in [-0.2, 0) is 4.79 Å². The molecule has 0 bridgehead atoms. The SMILES string of the molecule is COc1ccccc1NC(=O)C1=C(C)Nc2ncnn2C1c1ccc(OC(C)C)cc1. The molecule has 160 valence electrons. The van der Waals surface area contributed by atoms with Crippen LogP contribution in [0.15, 0.2) is 66.1 Å². The van der Waals surface area contributed by atoms with Gasteiger partial charge in [0.15, 0.2) is 0 Å². The van der Waals surface area contributed by atoms with Gasteiger partial charge in [0, 0.05) is 5.70 Å². The predicted octanol–water partition coefficient (Wildman–Crippen LogP) is 4.00. The van der Waals surface area contributed by atoms with E-state index in [9.17, 15) is 4.79 Å². The second-order valence-electron chi connectivity index (χ2n) is 7.48. The lowest BCUT2D eigenvalue weighted by molar-refractivity contribution is -0.113. The summed E-state index contributed by atoms with van der Waals surface area (Å²) in [5.74, 6) is 1.69. The fraction of sp³-hybridized carbons (Fsp3) is 0.261. The maximum Gasteiger partial charge on any atom is 0.255 e. The molecule has 2 N–H and O–H groups in total. The van der Waals surface area contributed by atoms with Gasteiger partial charge in [0.05, 0.1) is 24.5 Å². The average Bonchev–Trinajstić information content (AvgIpc) is 3.21. The van der Waals surface area contributed by atoms with Crippen molar-refractivity contribution in [1.82, 2.24) is 14.8 Å². The first-order valence-electron chi connectivity index (χ1n) is 10.1. The molecule has 2 heterocycles. The third-order valence-electron chi connectivity index (χ3n) is 4.96. The number of nitrogens with zero attached hydrogens (tertiary/aromatic N) is 3. The smallest absolute Gasteiger partial charge is 0.255 e. The van der Waals surface area contributed by atoms with Gasteiger partial charge in [-0.25, -0.2) is 4.68 Å². The number of benzene rings is 2. The van der Waals surface area contributed by atoms with Gasteiger partial charge in [0.25, 0.3) is 5.91 Å². The van der Waals surface area contributed by atoms with Crippen molar-refractivity contribution in [2.45, 2.75) is 32.9 Å². The normalized spacial score (nSPS) is 15.3. The first kappa shape index (κ1) is 20.5. The number of methoxy groups -OCH3 is 1. The first-order valence-corrected chi connectivity index (χ1v) is 10.1. The summed E-state index contributed by atoms with van der Waals surface area (Å²) in [5.41, 5.74) is 2.75. The molecular weight excluding hydrogens is 394 g/mol. The van der Waals surface area contributed by atoms with E-state index in [1.54, 1.807) is 23.9 Å². The number of ether oxygens (including phenoxy) is 2. The van der Waals surface area contributed by atoms with E-state index >= 15 is 0 Å². The summed E-state index contributed by atoms with van der Waals surface area (Å²) < 4.78 is 12.8. The Morgan fingerprint density at radius 2 is 1.90 bits per heavy atom. The standard InChI is InChI=1S/C23H25N5O3/c1-14(2)31-17-11-9-16(10-12-17)21-20(15(3)26-23-24-13-25-28(21)23)22(29)27-18-7-5-6-8-19(18)30-4/h5-14,21H,1-4H3,(H,27,29)(H,24,25,26). The molecule has 1 aliphatic rings. The number of rotatable bonds is 6. The Morgan fingerprint density at radius 1 is 1.16 bits per heavy atom. The van der Waals surface area contributed by atoms with Crippen molar-refractivity contribution in [3.05, 3.63) is 71.7 Å². The number of fused-ring (bicyclic) bond motifs is 1. The summed E-state index contributed by atoms with van der Waals surface area (Å²) >= 11 is 0. The van der Waals surface area contributed by atoms with Crippen molar-refractivity contribution < 1.29 is 14.3 Å². The summed E-state index contributed by atoms with van der Waals surface area (Å²) in [6, 6.07) is 14.6. The monoisotopic (exact) mass is 419 g/mol. The highest BCUT2D eigenvalue weighted by Crippen LogP contribution is 2.36. The Balaban J connectivity index is 1.71. The van der Waals surface area contributed by atoms with Gasteiger partial charge in [-0.2, -0.15) is 10.1 Å². The minimum absolute atomic E-state index is 0.0796. The Labute approximate surface area is 180 Å². The van der Waals surface area contributed by atoms with Crippen LogP contribution >= 0.6 is 0 Å². The Morgan fingerprint density at radius 3 is 2.61 bits per heavy atom. The topological polar surface area (TPSA) is 90.3 Å². The molecule has 0 fully saturated rings. The van der Waals surface area contributed by atoms with Crippen LogP contribution in [0.2, 0.25) is 0 Å². The molecule has 8 heteroatoms. The van der Waals surface area contributed by atoms with Crippen LogP contribution in [0, 0.1) is 0 Å². The lowest BCUT2D eigenvalue weighted by Crippen LogP contribution is -2.31. The molecule has 2 aromatic carbocycles. The van der Waals surface area contributed by atoms with Crippen molar-refractivity contribution in [2.24, 2.45) is 0 Å². The molecule has 0 aliphatic carbocycles. The number of para-hydroxylation sites is 2. The van der Waals surface area contributed by atoms with Gasteiger partial charge in [-0.1, -0.05) is 24.3 Å². The van der Waals surface area contributed by atoms with Gasteiger partial charge >= 0.3 is 0 Å². The van der Waals surface area contributed by atoms with Crippen LogP contribution in [0.25, 0.3) is 0 Å². The van der Waals surface area contributed by atoms with E-state index in [-0.39, 0.29) is 12.0 Å². The zero-order valence-corrected chi connectivity index (χ0v) is 17.9. The second-order valence-corrected chi connectivity index (χ2v) is 7.48. The summed E-state index contributed by atoms with van der Waals surface area (Å²) in [6.07, 6.45) is 1.55. The molecule has 4 rings (SSSR count). The maximum absolute atomic E-state index is 13.4. The van der Waals surface area contributed by atoms with Crippen LogP contribution in [0.4, 0.5) is 11.6 Å². The van der Waals surface area contributed by atoms with Crippen LogP contribution in [-0.4, -0.2) is 33.9 Å². The van der Waals surface area contributed by atoms with E-state index in [1.165, 1.54) is 6.33 Å². The van der Waals surface area contributed by atoms with Crippen molar-refractivity contribution in [1.29, 1.82) is 0 Å². The zero-order valence-electron chi connectivity index (χ0n) is 17.9. The van der Waals surface area contributed by atoms with Gasteiger partial charge in [0.2, 0.25) is 5.95 Å². The summed E-state index contributed by atoms with van der Waals surface area (Å²) in [4.78, 5) is 17.7. The Bertz CT molecular complexity index is 1120. The van der Waals surface area contributed by atoms with Gasteiger partial charge in [-0.15, -0.1) is 0 Å². The number of aromatic nitrogens is 3. The average molecular weight is 419 g/mol. The molecule has 31 heavy (non-hydrogen) atoms. The number of nitrogens with one attached hydrogen (secondary N) is 2. The van der Waals surface area contributed by atoms with Crippen molar-refractivity contribution in [2.75, 3.05) is 17.7 Å². The van der Waals surface area contributed by atoms with E-state index in [2.05, 4.69) is 20.7 Å². The highest BCUT2D eigenvalue weighted by Gasteiger charge is 2.33. The number of amides is 1. The summed E-state index contributed by atoms with van der Waals surface area (Å²) in [6.45, 7) is 5.82. The van der Waals surface area contributed by atoms with Crippen LogP contribution < -0.4 is 20.1 Å². The minimum Gasteiger partial charge on any atom is -0.495 e. The van der Waals surface area contributed by atoms with E-state index in [0.717, 1.165) is 11.3 Å². The summed E-state index contributed by atoms with van der Waals surface area (Å²) in [5, 5.41) is 10.5. The zero-order chi connectivity index (χ0) is 22.0. The van der Waals surface area contributed by atoms with Crippen molar-refractivity contribution in [3.63, 3.8) is 0 Å². The van der Waals surface area contributed by atoms with Crippen molar-refractivity contribution >= 4 is 17.5 Å². The Hall–Kier alpha value is -3.81. The molecule has 1 unspecified atom stereocenters. The molecular formula is C23H25N5O3. The molecule has 1 aliphatic heterocycles. The minimum atomic E-state index is -0.443. The Kier molecular flexibility index (Phi) is 5.62. The first-order chi connectivity index (χ1) is 15.0. The number of hydrogen-bond acceptors (Lipinski definition) is 6. The highest BCUT2D eigenvalue weighted by molar-refractivity contribution is 6.06. The fourth-order valence-electron chi connectivity index (χ4n) is 3.63. The molecule has 0 spiro atoms. The number of carbonyl (C=O) groups is 1. The number of anilines is 2.